The van der Waals surface area contributed by atoms with E-state index in [1.165, 1.54) is 13.8 Å². The van der Waals surface area contributed by atoms with Gasteiger partial charge >= 0.3 is 0 Å². The van der Waals surface area contributed by atoms with Gasteiger partial charge in [-0.05, 0) is 51.2 Å². The zero-order valence-corrected chi connectivity index (χ0v) is 22.1. The molecule has 0 saturated carbocycles. The molecule has 0 unspecified atom stereocenters. The highest BCUT2D eigenvalue weighted by Gasteiger charge is 2.33. The summed E-state index contributed by atoms with van der Waals surface area (Å²) in [5.74, 6) is -0.337. The minimum absolute atomic E-state index is 0.0414. The van der Waals surface area contributed by atoms with Gasteiger partial charge in [-0.2, -0.15) is 0 Å². The van der Waals surface area contributed by atoms with Gasteiger partial charge in [0.1, 0.15) is 5.67 Å². The Balaban J connectivity index is 1.73. The van der Waals surface area contributed by atoms with Crippen molar-refractivity contribution in [1.29, 1.82) is 0 Å². The number of nitrogens with zero attached hydrogens (tertiary/aromatic N) is 5. The molecule has 0 aliphatic carbocycles. The topological polar surface area (TPSA) is 57.8 Å². The summed E-state index contributed by atoms with van der Waals surface area (Å²) in [6.45, 7) is 6.00. The molecule has 3 aromatic heterocycles. The van der Waals surface area contributed by atoms with E-state index < -0.39 is 11.5 Å². The number of alkyl halides is 1. The van der Waals surface area contributed by atoms with Gasteiger partial charge in [0.25, 0.3) is 0 Å². The Morgan fingerprint density at radius 1 is 1.08 bits per heavy atom. The van der Waals surface area contributed by atoms with Gasteiger partial charge < -0.3 is 9.30 Å². The number of fused-ring (bicyclic) bond motifs is 3. The molecular formula is C30H31F2N5O. The summed E-state index contributed by atoms with van der Waals surface area (Å²) < 4.78 is 41.2. The van der Waals surface area contributed by atoms with Crippen LogP contribution in [0.3, 0.4) is 0 Å². The van der Waals surface area contributed by atoms with Crippen LogP contribution in [0.25, 0.3) is 33.2 Å². The van der Waals surface area contributed by atoms with Gasteiger partial charge in [0.15, 0.2) is 5.82 Å². The smallest absolute Gasteiger partial charge is 0.153 e. The minimum Gasteiger partial charge on any atom is -0.381 e. The van der Waals surface area contributed by atoms with E-state index >= 15 is 8.78 Å². The van der Waals surface area contributed by atoms with Crippen LogP contribution >= 0.6 is 0 Å². The van der Waals surface area contributed by atoms with Gasteiger partial charge in [-0.25, -0.2) is 13.5 Å². The fourth-order valence-electron chi connectivity index (χ4n) is 6.00. The lowest BCUT2D eigenvalue weighted by molar-refractivity contribution is 0.0552. The van der Waals surface area contributed by atoms with Crippen molar-refractivity contribution in [3.05, 3.63) is 77.4 Å². The average molecular weight is 516 g/mol. The maximum absolute atomic E-state index is 16.5. The number of halogens is 2. The molecule has 1 aliphatic rings. The molecule has 0 N–H and O–H groups in total. The van der Waals surface area contributed by atoms with E-state index in [2.05, 4.69) is 27.0 Å². The summed E-state index contributed by atoms with van der Waals surface area (Å²) >= 11 is 0. The molecule has 0 spiro atoms. The molecule has 0 amide bonds. The highest BCUT2D eigenvalue weighted by atomic mass is 19.1. The van der Waals surface area contributed by atoms with Crippen LogP contribution in [-0.4, -0.2) is 37.8 Å². The standard InChI is InChI=1S/C30H31F2N5O/c1-18-27(36(4)35-34-18)21-16-24-26(33-17-21)22-10-11-23(30(2,3)32)25(31)29(22)37(24)28(19-8-6-5-7-9-19)20-12-14-38-15-13-20/h5-11,16-17,20,28H,12-15H2,1-4H3/t28-/m1/s1. The largest absolute Gasteiger partial charge is 0.381 e. The van der Waals surface area contributed by atoms with Gasteiger partial charge in [0.05, 0.1) is 34.0 Å². The van der Waals surface area contributed by atoms with Crippen LogP contribution in [0.1, 0.15) is 49.6 Å². The highest BCUT2D eigenvalue weighted by Crippen LogP contribution is 2.43. The molecule has 1 fully saturated rings. The summed E-state index contributed by atoms with van der Waals surface area (Å²) in [6, 6.07) is 15.4. The average Bonchev–Trinajstić information content (AvgIpc) is 3.41. The molecule has 1 atom stereocenters. The maximum Gasteiger partial charge on any atom is 0.153 e. The molecule has 1 saturated heterocycles. The normalized spacial score (nSPS) is 15.9. The van der Waals surface area contributed by atoms with E-state index in [4.69, 9.17) is 9.72 Å². The number of benzene rings is 2. The number of pyridine rings is 1. The van der Waals surface area contributed by atoms with Crippen LogP contribution in [0.15, 0.2) is 54.7 Å². The molecule has 196 valence electrons. The first-order valence-corrected chi connectivity index (χ1v) is 13.1. The third-order valence-corrected chi connectivity index (χ3v) is 7.78. The summed E-state index contributed by atoms with van der Waals surface area (Å²) in [6.07, 6.45) is 3.47. The third-order valence-electron chi connectivity index (χ3n) is 7.78. The highest BCUT2D eigenvalue weighted by molar-refractivity contribution is 6.07. The van der Waals surface area contributed by atoms with Crippen molar-refractivity contribution in [2.75, 3.05) is 13.2 Å². The lowest BCUT2D eigenvalue weighted by atomic mass is 9.86. The Morgan fingerprint density at radius 2 is 1.82 bits per heavy atom. The van der Waals surface area contributed by atoms with Gasteiger partial charge in [0, 0.05) is 43.0 Å². The molecule has 5 aromatic rings. The number of hydrogen-bond acceptors (Lipinski definition) is 4. The predicted octanol–water partition coefficient (Wildman–Crippen LogP) is 6.65. The number of aromatic nitrogens is 5. The lowest BCUT2D eigenvalue weighted by Crippen LogP contribution is -2.27. The van der Waals surface area contributed by atoms with Crippen LogP contribution < -0.4 is 0 Å². The molecule has 38 heavy (non-hydrogen) atoms. The van der Waals surface area contributed by atoms with Crippen molar-refractivity contribution in [2.45, 2.75) is 45.3 Å². The van der Waals surface area contributed by atoms with E-state index in [0.717, 1.165) is 40.9 Å². The second-order valence-corrected chi connectivity index (χ2v) is 10.7. The molecule has 4 heterocycles. The molecule has 2 aromatic carbocycles. The van der Waals surface area contributed by atoms with Crippen LogP contribution in [0.5, 0.6) is 0 Å². The summed E-state index contributed by atoms with van der Waals surface area (Å²) in [5.41, 5.74) is 3.63. The third kappa shape index (κ3) is 3.98. The minimum atomic E-state index is -1.84. The van der Waals surface area contributed by atoms with E-state index in [1.807, 2.05) is 44.3 Å². The zero-order valence-electron chi connectivity index (χ0n) is 22.1. The van der Waals surface area contributed by atoms with Crippen molar-refractivity contribution in [2.24, 2.45) is 13.0 Å². The predicted molar refractivity (Wildman–Crippen MR) is 144 cm³/mol. The fraction of sp³-hybridized carbons (Fsp3) is 0.367. The second kappa shape index (κ2) is 9.27. The van der Waals surface area contributed by atoms with Crippen molar-refractivity contribution < 1.29 is 13.5 Å². The van der Waals surface area contributed by atoms with Gasteiger partial charge in [-0.1, -0.05) is 47.7 Å². The van der Waals surface area contributed by atoms with E-state index in [9.17, 15) is 0 Å². The maximum atomic E-state index is 16.5. The first kappa shape index (κ1) is 24.7. The van der Waals surface area contributed by atoms with E-state index in [0.29, 0.717) is 29.6 Å². The van der Waals surface area contributed by atoms with Crippen LogP contribution in [-0.2, 0) is 17.5 Å². The van der Waals surface area contributed by atoms with Gasteiger partial charge in [-0.3, -0.25) is 4.98 Å². The Hall–Kier alpha value is -3.65. The zero-order chi connectivity index (χ0) is 26.6. The molecule has 1 aliphatic heterocycles. The van der Waals surface area contributed by atoms with Crippen LogP contribution in [0, 0.1) is 18.7 Å². The second-order valence-electron chi connectivity index (χ2n) is 10.7. The Bertz CT molecular complexity index is 1610. The van der Waals surface area contributed by atoms with E-state index in [1.54, 1.807) is 16.9 Å². The summed E-state index contributed by atoms with van der Waals surface area (Å²) in [4.78, 5) is 4.85. The summed E-state index contributed by atoms with van der Waals surface area (Å²) in [7, 11) is 1.85. The Labute approximate surface area is 220 Å². The Kier molecular flexibility index (Phi) is 6.02. The lowest BCUT2D eigenvalue weighted by Gasteiger charge is -2.33. The fourth-order valence-corrected chi connectivity index (χ4v) is 6.00. The van der Waals surface area contributed by atoms with Crippen molar-refractivity contribution in [3.63, 3.8) is 0 Å². The number of hydrogen-bond donors (Lipinski definition) is 0. The first-order chi connectivity index (χ1) is 18.3. The van der Waals surface area contributed by atoms with Gasteiger partial charge in [-0.15, -0.1) is 5.10 Å². The van der Waals surface area contributed by atoms with Crippen molar-refractivity contribution >= 4 is 21.9 Å². The van der Waals surface area contributed by atoms with Crippen LogP contribution in [0.4, 0.5) is 8.78 Å². The van der Waals surface area contributed by atoms with Crippen molar-refractivity contribution in [1.82, 2.24) is 24.5 Å². The molecule has 0 radical (unpaired) electrons. The van der Waals surface area contributed by atoms with E-state index in [-0.39, 0.29) is 17.5 Å². The Morgan fingerprint density at radius 3 is 2.47 bits per heavy atom. The molecular weight excluding hydrogens is 484 g/mol. The molecule has 6 nitrogen and oxygen atoms in total. The number of ether oxygens (including phenoxy) is 1. The molecule has 6 rings (SSSR count). The van der Waals surface area contributed by atoms with Gasteiger partial charge in [0.2, 0.25) is 0 Å². The summed E-state index contributed by atoms with van der Waals surface area (Å²) in [5, 5.41) is 9.04. The van der Waals surface area contributed by atoms with Crippen LogP contribution in [0.2, 0.25) is 0 Å². The SMILES string of the molecule is Cc1nnn(C)c1-c1cnc2c3ccc(C(C)(C)F)c(F)c3n([C@H](c3ccccc3)C3CCOCC3)c2c1. The molecule has 8 heteroatoms. The quantitative estimate of drug-likeness (QED) is 0.263. The first-order valence-electron chi connectivity index (χ1n) is 13.1. The number of aryl methyl sites for hydroxylation is 2. The monoisotopic (exact) mass is 515 g/mol. The number of rotatable bonds is 5. The van der Waals surface area contributed by atoms with Crippen molar-refractivity contribution in [3.8, 4) is 11.3 Å². The molecule has 0 bridgehead atoms.